The van der Waals surface area contributed by atoms with Crippen LogP contribution in [0.25, 0.3) is 0 Å². The quantitative estimate of drug-likeness (QED) is 0.700. The van der Waals surface area contributed by atoms with E-state index in [2.05, 4.69) is 6.58 Å². The Bertz CT molecular complexity index is 437. The molecule has 100 valence electrons. The van der Waals surface area contributed by atoms with Gasteiger partial charge in [0.1, 0.15) is 5.60 Å². The minimum Gasteiger partial charge on any atom is -0.393 e. The van der Waals surface area contributed by atoms with Crippen LogP contribution in [0.15, 0.2) is 23.8 Å². The Balaban J connectivity index is 2.49. The molecule has 4 atom stereocenters. The third-order valence-corrected chi connectivity index (χ3v) is 5.07. The van der Waals surface area contributed by atoms with E-state index >= 15 is 0 Å². The molecule has 0 aromatic heterocycles. The van der Waals surface area contributed by atoms with Crippen LogP contribution in [0.1, 0.15) is 40.0 Å². The average Bonchev–Trinajstić information content (AvgIpc) is 2.28. The van der Waals surface area contributed by atoms with E-state index in [0.717, 1.165) is 12.0 Å². The van der Waals surface area contributed by atoms with Crippen molar-refractivity contribution in [1.29, 1.82) is 0 Å². The van der Waals surface area contributed by atoms with Gasteiger partial charge in [0.25, 0.3) is 0 Å². The van der Waals surface area contributed by atoms with Gasteiger partial charge in [0, 0.05) is 0 Å². The molecule has 0 aliphatic heterocycles. The Morgan fingerprint density at radius 1 is 1.56 bits per heavy atom. The van der Waals surface area contributed by atoms with Crippen LogP contribution in [0.3, 0.4) is 0 Å². The first-order valence-electron chi connectivity index (χ1n) is 6.54. The molecule has 2 N–H and O–H groups in total. The normalized spacial score (nSPS) is 44.3. The van der Waals surface area contributed by atoms with Crippen molar-refractivity contribution < 1.29 is 15.0 Å². The van der Waals surface area contributed by atoms with E-state index in [1.807, 2.05) is 13.8 Å². The maximum absolute atomic E-state index is 12.1. The molecule has 1 fully saturated rings. The monoisotopic (exact) mass is 250 g/mol. The number of aliphatic hydroxyl groups excluding tert-OH is 1. The highest BCUT2D eigenvalue weighted by Gasteiger charge is 2.53. The number of rotatable bonds is 1. The van der Waals surface area contributed by atoms with Gasteiger partial charge in [-0.3, -0.25) is 4.79 Å². The standard InChI is InChI=1S/C15H22O3/c1-9(2)15(18)8-14(4)10(3)12(16)6-5-11(14)7-13(15)17/h7,10,12,16,18H,1,5-6,8H2,2-4H3/t10-,12+,14+,15-/m0/s1. The van der Waals surface area contributed by atoms with Crippen molar-refractivity contribution in [2.45, 2.75) is 51.7 Å². The van der Waals surface area contributed by atoms with Crippen LogP contribution in [0.4, 0.5) is 0 Å². The summed E-state index contributed by atoms with van der Waals surface area (Å²) in [7, 11) is 0. The van der Waals surface area contributed by atoms with Crippen LogP contribution < -0.4 is 0 Å². The lowest BCUT2D eigenvalue weighted by atomic mass is 9.55. The molecule has 0 spiro atoms. The number of ketones is 1. The molecule has 2 aliphatic carbocycles. The summed E-state index contributed by atoms with van der Waals surface area (Å²) in [6.07, 6.45) is 2.98. The lowest BCUT2D eigenvalue weighted by molar-refractivity contribution is -0.135. The molecule has 0 bridgehead atoms. The fraction of sp³-hybridized carbons (Fsp3) is 0.667. The fourth-order valence-electron chi connectivity index (χ4n) is 3.32. The summed E-state index contributed by atoms with van der Waals surface area (Å²) < 4.78 is 0. The first-order chi connectivity index (χ1) is 8.21. The zero-order chi connectivity index (χ0) is 13.7. The number of allylic oxidation sites excluding steroid dienone is 1. The van der Waals surface area contributed by atoms with E-state index in [-0.39, 0.29) is 23.2 Å². The molecule has 3 nitrogen and oxygen atoms in total. The zero-order valence-electron chi connectivity index (χ0n) is 11.4. The van der Waals surface area contributed by atoms with Crippen molar-refractivity contribution in [3.8, 4) is 0 Å². The minimum absolute atomic E-state index is 0.0384. The van der Waals surface area contributed by atoms with Crippen molar-refractivity contribution in [3.05, 3.63) is 23.8 Å². The van der Waals surface area contributed by atoms with Crippen molar-refractivity contribution in [3.63, 3.8) is 0 Å². The molecular weight excluding hydrogens is 228 g/mol. The van der Waals surface area contributed by atoms with Crippen molar-refractivity contribution in [2.75, 3.05) is 0 Å². The summed E-state index contributed by atoms with van der Waals surface area (Å²) in [5.74, 6) is -0.220. The molecule has 0 aromatic rings. The molecule has 0 amide bonds. The molecule has 0 aromatic carbocycles. The molecule has 2 rings (SSSR count). The predicted octanol–water partition coefficient (Wildman–Crippen LogP) is 1.99. The third kappa shape index (κ3) is 1.69. The van der Waals surface area contributed by atoms with Gasteiger partial charge in [-0.25, -0.2) is 0 Å². The lowest BCUT2D eigenvalue weighted by Crippen LogP contribution is -2.53. The predicted molar refractivity (Wildman–Crippen MR) is 70.0 cm³/mol. The summed E-state index contributed by atoms with van der Waals surface area (Å²) in [6.45, 7) is 9.46. The van der Waals surface area contributed by atoms with E-state index in [0.29, 0.717) is 18.4 Å². The van der Waals surface area contributed by atoms with Gasteiger partial charge in [-0.15, -0.1) is 0 Å². The molecule has 0 heterocycles. The maximum Gasteiger partial charge on any atom is 0.191 e. The average molecular weight is 250 g/mol. The number of hydrogen-bond acceptors (Lipinski definition) is 3. The smallest absolute Gasteiger partial charge is 0.191 e. The lowest BCUT2D eigenvalue weighted by Gasteiger charge is -2.50. The molecule has 3 heteroatoms. The summed E-state index contributed by atoms with van der Waals surface area (Å²) in [6, 6.07) is 0. The summed E-state index contributed by atoms with van der Waals surface area (Å²) in [4.78, 5) is 12.1. The minimum atomic E-state index is -1.47. The summed E-state index contributed by atoms with van der Waals surface area (Å²) in [5.41, 5.74) is -0.240. The SMILES string of the molecule is C=C(C)[C@@]1(O)C[C@@]2(C)C(=CC1=O)CC[C@@H](O)[C@@H]2C. The highest BCUT2D eigenvalue weighted by Crippen LogP contribution is 2.53. The Morgan fingerprint density at radius 3 is 2.72 bits per heavy atom. The Hall–Kier alpha value is -0.930. The largest absolute Gasteiger partial charge is 0.393 e. The highest BCUT2D eigenvalue weighted by atomic mass is 16.3. The van der Waals surface area contributed by atoms with Gasteiger partial charge in [0.05, 0.1) is 6.10 Å². The van der Waals surface area contributed by atoms with Gasteiger partial charge >= 0.3 is 0 Å². The van der Waals surface area contributed by atoms with Crippen LogP contribution in [-0.4, -0.2) is 27.7 Å². The van der Waals surface area contributed by atoms with Gasteiger partial charge in [0.2, 0.25) is 0 Å². The molecule has 0 saturated heterocycles. The Kier molecular flexibility index (Phi) is 3.03. The molecule has 2 aliphatic rings. The van der Waals surface area contributed by atoms with E-state index in [1.165, 1.54) is 0 Å². The van der Waals surface area contributed by atoms with Crippen LogP contribution in [-0.2, 0) is 4.79 Å². The Morgan fingerprint density at radius 2 is 2.17 bits per heavy atom. The maximum atomic E-state index is 12.1. The van der Waals surface area contributed by atoms with E-state index < -0.39 is 5.60 Å². The first-order valence-corrected chi connectivity index (χ1v) is 6.54. The molecule has 1 saturated carbocycles. The van der Waals surface area contributed by atoms with Crippen LogP contribution in [0.2, 0.25) is 0 Å². The summed E-state index contributed by atoms with van der Waals surface area (Å²) >= 11 is 0. The van der Waals surface area contributed by atoms with Crippen molar-refractivity contribution in [2.24, 2.45) is 11.3 Å². The summed E-state index contributed by atoms with van der Waals surface area (Å²) in [5, 5.41) is 20.6. The van der Waals surface area contributed by atoms with Crippen LogP contribution >= 0.6 is 0 Å². The topological polar surface area (TPSA) is 57.5 Å². The Labute approximate surface area is 108 Å². The van der Waals surface area contributed by atoms with Crippen LogP contribution in [0.5, 0.6) is 0 Å². The van der Waals surface area contributed by atoms with E-state index in [4.69, 9.17) is 0 Å². The fourth-order valence-corrected chi connectivity index (χ4v) is 3.32. The van der Waals surface area contributed by atoms with Gasteiger partial charge in [-0.05, 0) is 49.2 Å². The van der Waals surface area contributed by atoms with Crippen LogP contribution in [0, 0.1) is 11.3 Å². The second-order valence-corrected chi connectivity index (χ2v) is 6.16. The number of aliphatic hydroxyl groups is 2. The van der Waals surface area contributed by atoms with Crippen molar-refractivity contribution in [1.82, 2.24) is 0 Å². The van der Waals surface area contributed by atoms with Gasteiger partial charge in [-0.2, -0.15) is 0 Å². The van der Waals surface area contributed by atoms with E-state index in [1.54, 1.807) is 13.0 Å². The molecular formula is C15H22O3. The molecule has 0 unspecified atom stereocenters. The van der Waals surface area contributed by atoms with E-state index in [9.17, 15) is 15.0 Å². The van der Waals surface area contributed by atoms with Crippen molar-refractivity contribution >= 4 is 5.78 Å². The number of carbonyl (C=O) groups excluding carboxylic acids is 1. The number of fused-ring (bicyclic) bond motifs is 1. The molecule has 0 radical (unpaired) electrons. The highest BCUT2D eigenvalue weighted by molar-refractivity contribution is 6.01. The number of hydrogen-bond donors (Lipinski definition) is 2. The zero-order valence-corrected chi connectivity index (χ0v) is 11.4. The number of carbonyl (C=O) groups is 1. The molecule has 18 heavy (non-hydrogen) atoms. The first kappa shape index (κ1) is 13.5. The third-order valence-electron chi connectivity index (χ3n) is 5.07. The second-order valence-electron chi connectivity index (χ2n) is 6.16. The van der Waals surface area contributed by atoms with Gasteiger partial charge in [-0.1, -0.05) is 26.0 Å². The van der Waals surface area contributed by atoms with Gasteiger partial charge in [0.15, 0.2) is 5.78 Å². The van der Waals surface area contributed by atoms with Gasteiger partial charge < -0.3 is 10.2 Å². The second kappa shape index (κ2) is 4.04.